The van der Waals surface area contributed by atoms with E-state index < -0.39 is 0 Å². The number of hydrogen-bond acceptors (Lipinski definition) is 5. The number of carbonyl (C=O) groups is 2. The molecule has 6 nitrogen and oxygen atoms in total. The predicted octanol–water partition coefficient (Wildman–Crippen LogP) is 1.95. The summed E-state index contributed by atoms with van der Waals surface area (Å²) in [7, 11) is 0. The van der Waals surface area contributed by atoms with Crippen LogP contribution in [-0.4, -0.2) is 29.8 Å². The third-order valence-electron chi connectivity index (χ3n) is 5.45. The van der Waals surface area contributed by atoms with E-state index in [0.717, 1.165) is 23.4 Å². The number of allylic oxidation sites excluding steroid dienone is 2. The lowest BCUT2D eigenvalue weighted by atomic mass is 9.63. The fourth-order valence-corrected chi connectivity index (χ4v) is 4.29. The molecule has 0 unspecified atom stereocenters. The van der Waals surface area contributed by atoms with Gasteiger partial charge in [0, 0.05) is 0 Å². The summed E-state index contributed by atoms with van der Waals surface area (Å²) < 4.78 is 10.6. The summed E-state index contributed by atoms with van der Waals surface area (Å²) in [6.07, 6.45) is 7.71. The van der Waals surface area contributed by atoms with E-state index in [1.54, 1.807) is 12.1 Å². The van der Waals surface area contributed by atoms with Gasteiger partial charge in [-0.2, -0.15) is 10.1 Å². The Balaban J connectivity index is 1.42. The zero-order chi connectivity index (χ0) is 16.3. The highest BCUT2D eigenvalue weighted by atomic mass is 16.7. The molecule has 2 fully saturated rings. The molecule has 1 aromatic rings. The molecule has 2 bridgehead atoms. The Morgan fingerprint density at radius 1 is 1.00 bits per heavy atom. The van der Waals surface area contributed by atoms with Crippen LogP contribution in [0.15, 0.2) is 35.5 Å². The first kappa shape index (κ1) is 13.8. The number of amides is 2. The van der Waals surface area contributed by atoms with Crippen LogP contribution in [0.3, 0.4) is 0 Å². The molecule has 6 rings (SSSR count). The standard InChI is InChI=1S/C18H16N2O4/c21-17-15-11-2-3-12(5-4-11)16(15)18(22)20(17)19-8-10-1-6-13-14(7-10)24-9-23-13/h1-3,6-8,11-12,15-16H,4-5,9H2/b19-8-/t11-,12-,15-,16-/m0/s1. The first-order valence-electron chi connectivity index (χ1n) is 8.22. The van der Waals surface area contributed by atoms with Gasteiger partial charge in [-0.15, -0.1) is 0 Å². The molecule has 2 amide bonds. The van der Waals surface area contributed by atoms with Crippen LogP contribution in [0.1, 0.15) is 18.4 Å². The van der Waals surface area contributed by atoms with Crippen LogP contribution in [0, 0.1) is 23.7 Å². The minimum atomic E-state index is -0.227. The maximum absolute atomic E-state index is 12.7. The first-order chi connectivity index (χ1) is 11.7. The fourth-order valence-electron chi connectivity index (χ4n) is 4.29. The Morgan fingerprint density at radius 3 is 2.33 bits per heavy atom. The second-order valence-electron chi connectivity index (χ2n) is 6.69. The van der Waals surface area contributed by atoms with Crippen LogP contribution in [0.25, 0.3) is 0 Å². The Kier molecular flexibility index (Phi) is 2.83. The summed E-state index contributed by atoms with van der Waals surface area (Å²) in [6.45, 7) is 0.207. The van der Waals surface area contributed by atoms with Gasteiger partial charge in [-0.05, 0) is 48.4 Å². The lowest BCUT2D eigenvalue weighted by molar-refractivity contribution is -0.140. The molecule has 122 valence electrons. The third-order valence-corrected chi connectivity index (χ3v) is 5.45. The molecule has 1 aromatic carbocycles. The highest BCUT2D eigenvalue weighted by Crippen LogP contribution is 2.49. The van der Waals surface area contributed by atoms with E-state index in [9.17, 15) is 9.59 Å². The van der Waals surface area contributed by atoms with Crippen molar-refractivity contribution in [3.63, 3.8) is 0 Å². The van der Waals surface area contributed by atoms with Crippen LogP contribution < -0.4 is 9.47 Å². The number of carbonyl (C=O) groups excluding carboxylic acids is 2. The average molecular weight is 324 g/mol. The van der Waals surface area contributed by atoms with Gasteiger partial charge in [-0.3, -0.25) is 9.59 Å². The van der Waals surface area contributed by atoms with Crippen molar-refractivity contribution in [1.29, 1.82) is 0 Å². The minimum absolute atomic E-state index is 0.166. The number of benzene rings is 1. The topological polar surface area (TPSA) is 68.2 Å². The molecular weight excluding hydrogens is 308 g/mol. The Bertz CT molecular complexity index is 768. The van der Waals surface area contributed by atoms with Gasteiger partial charge < -0.3 is 9.47 Å². The Morgan fingerprint density at radius 2 is 1.67 bits per heavy atom. The quantitative estimate of drug-likeness (QED) is 0.474. The first-order valence-corrected chi connectivity index (χ1v) is 8.22. The summed E-state index contributed by atoms with van der Waals surface area (Å²) in [6, 6.07) is 5.40. The van der Waals surface area contributed by atoms with E-state index >= 15 is 0 Å². The molecule has 24 heavy (non-hydrogen) atoms. The normalized spacial score (nSPS) is 32.9. The molecule has 0 N–H and O–H groups in total. The molecule has 0 radical (unpaired) electrons. The van der Waals surface area contributed by atoms with Gasteiger partial charge in [0.1, 0.15) is 0 Å². The third kappa shape index (κ3) is 1.85. The van der Waals surface area contributed by atoms with Gasteiger partial charge >= 0.3 is 0 Å². The molecule has 0 aromatic heterocycles. The molecule has 0 spiro atoms. The van der Waals surface area contributed by atoms with Crippen LogP contribution in [0.5, 0.6) is 11.5 Å². The van der Waals surface area contributed by atoms with E-state index in [0.29, 0.717) is 11.5 Å². The molecule has 1 saturated heterocycles. The van der Waals surface area contributed by atoms with Crippen molar-refractivity contribution in [2.45, 2.75) is 12.8 Å². The van der Waals surface area contributed by atoms with Crippen molar-refractivity contribution in [1.82, 2.24) is 5.01 Å². The molecule has 2 heterocycles. The molecule has 3 aliphatic carbocycles. The van der Waals surface area contributed by atoms with E-state index in [-0.39, 0.29) is 42.3 Å². The summed E-state index contributed by atoms with van der Waals surface area (Å²) in [5.41, 5.74) is 0.760. The maximum Gasteiger partial charge on any atom is 0.254 e. The summed E-state index contributed by atoms with van der Waals surface area (Å²) in [5, 5.41) is 5.25. The van der Waals surface area contributed by atoms with Crippen LogP contribution in [0.4, 0.5) is 0 Å². The molecule has 4 atom stereocenters. The number of imide groups is 1. The second-order valence-corrected chi connectivity index (χ2v) is 6.69. The SMILES string of the molecule is O=C1[C@@H]2[C@@H](C(=O)N1/N=C\c1ccc3c(c1)OCO3)[C@H]1C=C[C@H]2CC1. The lowest BCUT2D eigenvalue weighted by Crippen LogP contribution is -2.38. The van der Waals surface area contributed by atoms with E-state index in [1.165, 1.54) is 6.21 Å². The summed E-state index contributed by atoms with van der Waals surface area (Å²) in [5.74, 6) is 0.917. The number of fused-ring (bicyclic) bond motifs is 2. The zero-order valence-corrected chi connectivity index (χ0v) is 12.9. The highest BCUT2D eigenvalue weighted by Gasteiger charge is 2.56. The van der Waals surface area contributed by atoms with Gasteiger partial charge in [0.25, 0.3) is 11.8 Å². The minimum Gasteiger partial charge on any atom is -0.454 e. The monoisotopic (exact) mass is 324 g/mol. The molecule has 2 aliphatic heterocycles. The molecule has 6 heteroatoms. The van der Waals surface area contributed by atoms with Crippen LogP contribution >= 0.6 is 0 Å². The van der Waals surface area contributed by atoms with Gasteiger partial charge in [-0.1, -0.05) is 12.2 Å². The van der Waals surface area contributed by atoms with Crippen LogP contribution in [0.2, 0.25) is 0 Å². The van der Waals surface area contributed by atoms with Crippen molar-refractivity contribution >= 4 is 18.0 Å². The molecular formula is C18H16N2O4. The van der Waals surface area contributed by atoms with E-state index in [2.05, 4.69) is 17.3 Å². The van der Waals surface area contributed by atoms with E-state index in [4.69, 9.17) is 9.47 Å². The van der Waals surface area contributed by atoms with Crippen molar-refractivity contribution in [3.05, 3.63) is 35.9 Å². The highest BCUT2D eigenvalue weighted by molar-refractivity contribution is 6.06. The average Bonchev–Trinajstić information content (AvgIpc) is 3.18. The Hall–Kier alpha value is -2.63. The van der Waals surface area contributed by atoms with Gasteiger partial charge in [0.15, 0.2) is 11.5 Å². The van der Waals surface area contributed by atoms with Crippen molar-refractivity contribution < 1.29 is 19.1 Å². The van der Waals surface area contributed by atoms with Crippen molar-refractivity contribution in [2.75, 3.05) is 6.79 Å². The summed E-state index contributed by atoms with van der Waals surface area (Å²) in [4.78, 5) is 25.3. The number of rotatable bonds is 2. The second kappa shape index (κ2) is 4.93. The molecule has 1 saturated carbocycles. The predicted molar refractivity (Wildman–Crippen MR) is 84.3 cm³/mol. The van der Waals surface area contributed by atoms with Gasteiger partial charge in [-0.25, -0.2) is 0 Å². The number of ether oxygens (including phenoxy) is 2. The smallest absolute Gasteiger partial charge is 0.254 e. The van der Waals surface area contributed by atoms with Crippen molar-refractivity contribution in [2.24, 2.45) is 28.8 Å². The van der Waals surface area contributed by atoms with Gasteiger partial charge in [0.2, 0.25) is 6.79 Å². The largest absolute Gasteiger partial charge is 0.454 e. The number of hydrogen-bond donors (Lipinski definition) is 0. The zero-order valence-electron chi connectivity index (χ0n) is 12.9. The van der Waals surface area contributed by atoms with Crippen molar-refractivity contribution in [3.8, 4) is 11.5 Å². The number of hydrazone groups is 1. The van der Waals surface area contributed by atoms with E-state index in [1.807, 2.05) is 6.07 Å². The maximum atomic E-state index is 12.7. The Labute approximate surface area is 138 Å². The summed E-state index contributed by atoms with van der Waals surface area (Å²) >= 11 is 0. The van der Waals surface area contributed by atoms with Gasteiger partial charge in [0.05, 0.1) is 18.1 Å². The number of nitrogens with zero attached hydrogens (tertiary/aromatic N) is 2. The lowest BCUT2D eigenvalue weighted by Gasteiger charge is -2.37. The molecule has 5 aliphatic rings. The fraction of sp³-hybridized carbons (Fsp3) is 0.389. The van der Waals surface area contributed by atoms with Crippen LogP contribution in [-0.2, 0) is 9.59 Å².